The van der Waals surface area contributed by atoms with Gasteiger partial charge in [-0.3, -0.25) is 4.79 Å². The highest BCUT2D eigenvalue weighted by atomic mass is 79.9. The van der Waals surface area contributed by atoms with E-state index < -0.39 is 5.97 Å². The van der Waals surface area contributed by atoms with Gasteiger partial charge in [-0.2, -0.15) is 0 Å². The highest BCUT2D eigenvalue weighted by molar-refractivity contribution is 9.10. The summed E-state index contributed by atoms with van der Waals surface area (Å²) in [5, 5.41) is 0. The largest absolute Gasteiger partial charge is 0.465 e. The Hall–Kier alpha value is -1.16. The third kappa shape index (κ3) is 2.89. The molecule has 1 aromatic carbocycles. The second-order valence-electron chi connectivity index (χ2n) is 3.15. The van der Waals surface area contributed by atoms with E-state index in [9.17, 15) is 9.59 Å². The van der Waals surface area contributed by atoms with Gasteiger partial charge in [0.05, 0.1) is 12.7 Å². The lowest BCUT2D eigenvalue weighted by atomic mass is 10.1. The molecule has 0 N–H and O–H groups in total. The fourth-order valence-electron chi connectivity index (χ4n) is 1.25. The van der Waals surface area contributed by atoms with Crippen LogP contribution in [0.2, 0.25) is 0 Å². The standard InChI is InChI=1S/C11H11BrO3/c1-7(13)6-8-4-3-5-9(10(8)12)11(14)15-2/h3-5H,6H2,1-2H3. The number of halogens is 1. The van der Waals surface area contributed by atoms with Crippen molar-refractivity contribution in [1.29, 1.82) is 0 Å². The molecule has 0 saturated carbocycles. The van der Waals surface area contributed by atoms with Crippen molar-refractivity contribution >= 4 is 27.7 Å². The molecule has 0 aliphatic rings. The lowest BCUT2D eigenvalue weighted by molar-refractivity contribution is -0.116. The Morgan fingerprint density at radius 2 is 2.07 bits per heavy atom. The van der Waals surface area contributed by atoms with Crippen LogP contribution in [0.25, 0.3) is 0 Å². The lowest BCUT2D eigenvalue weighted by Gasteiger charge is -2.06. The van der Waals surface area contributed by atoms with Crippen LogP contribution in [0.1, 0.15) is 22.8 Å². The molecule has 0 aliphatic carbocycles. The fraction of sp³-hybridized carbons (Fsp3) is 0.273. The summed E-state index contributed by atoms with van der Waals surface area (Å²) in [6.45, 7) is 1.51. The van der Waals surface area contributed by atoms with Crippen molar-refractivity contribution < 1.29 is 14.3 Å². The van der Waals surface area contributed by atoms with Gasteiger partial charge in [0.15, 0.2) is 0 Å². The summed E-state index contributed by atoms with van der Waals surface area (Å²) in [5.41, 5.74) is 1.24. The molecule has 15 heavy (non-hydrogen) atoms. The predicted octanol–water partition coefficient (Wildman–Crippen LogP) is 2.37. The van der Waals surface area contributed by atoms with E-state index in [-0.39, 0.29) is 5.78 Å². The van der Waals surface area contributed by atoms with Crippen LogP contribution in [0.4, 0.5) is 0 Å². The Morgan fingerprint density at radius 3 is 2.60 bits per heavy atom. The third-order valence-corrected chi connectivity index (χ3v) is 2.86. The number of Topliss-reactive ketones (excluding diaryl/α,β-unsaturated/α-hetero) is 1. The number of methoxy groups -OCH3 is 1. The summed E-state index contributed by atoms with van der Waals surface area (Å²) in [6, 6.07) is 5.19. The second-order valence-corrected chi connectivity index (χ2v) is 3.94. The number of rotatable bonds is 3. The smallest absolute Gasteiger partial charge is 0.339 e. The molecule has 0 aromatic heterocycles. The molecule has 0 heterocycles. The van der Waals surface area contributed by atoms with Crippen molar-refractivity contribution in [2.75, 3.05) is 7.11 Å². The minimum Gasteiger partial charge on any atom is -0.465 e. The van der Waals surface area contributed by atoms with Crippen LogP contribution in [0.15, 0.2) is 22.7 Å². The summed E-state index contributed by atoms with van der Waals surface area (Å²) in [7, 11) is 1.33. The molecule has 1 aromatic rings. The molecule has 1 rings (SSSR count). The van der Waals surface area contributed by atoms with E-state index in [0.717, 1.165) is 5.56 Å². The van der Waals surface area contributed by atoms with Gasteiger partial charge in [-0.05, 0) is 34.5 Å². The number of carbonyl (C=O) groups excluding carboxylic acids is 2. The zero-order valence-corrected chi connectivity index (χ0v) is 10.1. The molecule has 0 saturated heterocycles. The monoisotopic (exact) mass is 270 g/mol. The zero-order chi connectivity index (χ0) is 11.4. The van der Waals surface area contributed by atoms with Gasteiger partial charge in [-0.1, -0.05) is 12.1 Å². The van der Waals surface area contributed by atoms with Crippen LogP contribution in [-0.2, 0) is 16.0 Å². The van der Waals surface area contributed by atoms with Gasteiger partial charge in [-0.15, -0.1) is 0 Å². The minimum absolute atomic E-state index is 0.0534. The maximum atomic E-state index is 11.3. The van der Waals surface area contributed by atoms with E-state index in [2.05, 4.69) is 20.7 Å². The van der Waals surface area contributed by atoms with Crippen molar-refractivity contribution in [3.63, 3.8) is 0 Å². The van der Waals surface area contributed by atoms with Crippen LogP contribution in [-0.4, -0.2) is 18.9 Å². The first kappa shape index (κ1) is 11.9. The van der Waals surface area contributed by atoms with Gasteiger partial charge in [0.25, 0.3) is 0 Å². The average Bonchev–Trinajstić information content (AvgIpc) is 2.19. The van der Waals surface area contributed by atoms with Gasteiger partial charge in [0.2, 0.25) is 0 Å². The van der Waals surface area contributed by atoms with E-state index in [1.807, 2.05) is 0 Å². The Bertz CT molecular complexity index is 399. The molecule has 0 radical (unpaired) electrons. The Kier molecular flexibility index (Phi) is 4.03. The topological polar surface area (TPSA) is 43.4 Å². The molecule has 0 amide bonds. The third-order valence-electron chi connectivity index (χ3n) is 1.92. The molecular weight excluding hydrogens is 260 g/mol. The van der Waals surface area contributed by atoms with Crippen molar-refractivity contribution in [2.24, 2.45) is 0 Å². The van der Waals surface area contributed by atoms with Crippen LogP contribution in [0.3, 0.4) is 0 Å². The highest BCUT2D eigenvalue weighted by Gasteiger charge is 2.13. The quantitative estimate of drug-likeness (QED) is 0.793. The predicted molar refractivity (Wildman–Crippen MR) is 59.9 cm³/mol. The summed E-state index contributed by atoms with van der Waals surface area (Å²) in [5.74, 6) is -0.356. The first-order valence-corrected chi connectivity index (χ1v) is 5.20. The zero-order valence-electron chi connectivity index (χ0n) is 8.54. The first-order valence-electron chi connectivity index (χ1n) is 4.41. The molecule has 0 aliphatic heterocycles. The van der Waals surface area contributed by atoms with Crippen molar-refractivity contribution in [3.8, 4) is 0 Å². The fourth-order valence-corrected chi connectivity index (χ4v) is 1.82. The molecule has 0 spiro atoms. The molecule has 3 nitrogen and oxygen atoms in total. The summed E-state index contributed by atoms with van der Waals surface area (Å²) in [4.78, 5) is 22.3. The highest BCUT2D eigenvalue weighted by Crippen LogP contribution is 2.23. The summed E-state index contributed by atoms with van der Waals surface area (Å²) in [6.07, 6.45) is 0.311. The van der Waals surface area contributed by atoms with Crippen LogP contribution < -0.4 is 0 Å². The molecule has 0 unspecified atom stereocenters. The van der Waals surface area contributed by atoms with Gasteiger partial charge in [-0.25, -0.2) is 4.79 Å². The van der Waals surface area contributed by atoms with Crippen molar-refractivity contribution in [3.05, 3.63) is 33.8 Å². The number of carbonyl (C=O) groups is 2. The number of benzene rings is 1. The van der Waals surface area contributed by atoms with E-state index in [0.29, 0.717) is 16.5 Å². The van der Waals surface area contributed by atoms with Gasteiger partial charge >= 0.3 is 5.97 Å². The molecule has 80 valence electrons. The molecule has 0 atom stereocenters. The SMILES string of the molecule is COC(=O)c1cccc(CC(C)=O)c1Br. The summed E-state index contributed by atoms with van der Waals surface area (Å²) >= 11 is 3.30. The summed E-state index contributed by atoms with van der Waals surface area (Å²) < 4.78 is 5.25. The second kappa shape index (κ2) is 5.07. The molecule has 4 heteroatoms. The van der Waals surface area contributed by atoms with Crippen molar-refractivity contribution in [2.45, 2.75) is 13.3 Å². The Labute approximate surface area is 96.6 Å². The number of ether oxygens (including phenoxy) is 1. The normalized spacial score (nSPS) is 9.80. The van der Waals surface area contributed by atoms with Crippen molar-refractivity contribution in [1.82, 2.24) is 0 Å². The van der Waals surface area contributed by atoms with Gasteiger partial charge in [0, 0.05) is 10.9 Å². The number of hydrogen-bond donors (Lipinski definition) is 0. The number of hydrogen-bond acceptors (Lipinski definition) is 3. The maximum Gasteiger partial charge on any atom is 0.339 e. The Balaban J connectivity index is 3.11. The Morgan fingerprint density at radius 1 is 1.40 bits per heavy atom. The van der Waals surface area contributed by atoms with Crippen LogP contribution in [0, 0.1) is 0 Å². The minimum atomic E-state index is -0.410. The molecule has 0 fully saturated rings. The average molecular weight is 271 g/mol. The van der Waals surface area contributed by atoms with E-state index in [1.54, 1.807) is 18.2 Å². The number of ketones is 1. The van der Waals surface area contributed by atoms with Crippen LogP contribution >= 0.6 is 15.9 Å². The van der Waals surface area contributed by atoms with E-state index in [1.165, 1.54) is 14.0 Å². The lowest BCUT2D eigenvalue weighted by Crippen LogP contribution is -2.05. The van der Waals surface area contributed by atoms with E-state index in [4.69, 9.17) is 0 Å². The number of esters is 1. The van der Waals surface area contributed by atoms with Gasteiger partial charge in [0.1, 0.15) is 5.78 Å². The molecular formula is C11H11BrO3. The maximum absolute atomic E-state index is 11.3. The van der Waals surface area contributed by atoms with Gasteiger partial charge < -0.3 is 4.74 Å². The molecule has 0 bridgehead atoms. The van der Waals surface area contributed by atoms with Crippen LogP contribution in [0.5, 0.6) is 0 Å². The first-order chi connectivity index (χ1) is 7.06. The van der Waals surface area contributed by atoms with E-state index >= 15 is 0 Å².